The molecule has 0 fully saturated rings. The molecule has 1 N–H and O–H groups in total. The van der Waals surface area contributed by atoms with E-state index < -0.39 is 11.9 Å². The lowest BCUT2D eigenvalue weighted by atomic mass is 9.85. The van der Waals surface area contributed by atoms with Crippen molar-refractivity contribution in [1.82, 2.24) is 0 Å². The molecule has 0 aromatic carbocycles. The number of Topliss-reactive ketones (excluding diaryl/α,β-unsaturated/α-hetero) is 1. The summed E-state index contributed by atoms with van der Waals surface area (Å²) in [5, 5.41) is 8.91. The topological polar surface area (TPSA) is 66.7 Å². The minimum Gasteiger partial charge on any atom is -0.478 e. The van der Waals surface area contributed by atoms with E-state index in [0.29, 0.717) is 5.71 Å². The van der Waals surface area contributed by atoms with Crippen LogP contribution in [0, 0.1) is 5.92 Å². The van der Waals surface area contributed by atoms with Crippen molar-refractivity contribution in [2.75, 3.05) is 0 Å². The maximum Gasteiger partial charge on any atom is 0.340 e. The van der Waals surface area contributed by atoms with Gasteiger partial charge < -0.3 is 5.11 Å². The fourth-order valence-corrected chi connectivity index (χ4v) is 2.06. The standard InChI is InChI=1S/C14H15NO3/c1-2-3-4-9-5-6-12-10(7-9)13(16)11(8-15-12)14(17)18/h5-8,10H,2-4H2,1H3,(H,17,18). The van der Waals surface area contributed by atoms with Crippen LogP contribution in [0.3, 0.4) is 0 Å². The van der Waals surface area contributed by atoms with Gasteiger partial charge in [-0.05, 0) is 18.9 Å². The van der Waals surface area contributed by atoms with Crippen LogP contribution >= 0.6 is 0 Å². The summed E-state index contributed by atoms with van der Waals surface area (Å²) in [5.74, 6) is -2.09. The van der Waals surface area contributed by atoms with Crippen molar-refractivity contribution in [3.8, 4) is 0 Å². The quantitative estimate of drug-likeness (QED) is 0.773. The number of fused-ring (bicyclic) bond motifs is 1. The molecule has 0 radical (unpaired) electrons. The molecule has 0 amide bonds. The summed E-state index contributed by atoms with van der Waals surface area (Å²) >= 11 is 0. The van der Waals surface area contributed by atoms with E-state index in [-0.39, 0.29) is 11.4 Å². The van der Waals surface area contributed by atoms with E-state index in [9.17, 15) is 9.59 Å². The van der Waals surface area contributed by atoms with Crippen molar-refractivity contribution in [3.05, 3.63) is 35.6 Å². The summed E-state index contributed by atoms with van der Waals surface area (Å²) in [6, 6.07) is 0. The first-order valence-electron chi connectivity index (χ1n) is 6.07. The number of aliphatic imine (C=N–C) groups is 1. The van der Waals surface area contributed by atoms with Crippen LogP contribution in [0.25, 0.3) is 0 Å². The molecule has 0 bridgehead atoms. The first kappa shape index (κ1) is 12.5. The molecular formula is C14H15NO3. The Kier molecular flexibility index (Phi) is 3.55. The minimum absolute atomic E-state index is 0.231. The molecule has 4 nitrogen and oxygen atoms in total. The third-order valence-electron chi connectivity index (χ3n) is 3.11. The predicted molar refractivity (Wildman–Crippen MR) is 68.4 cm³/mol. The van der Waals surface area contributed by atoms with Crippen molar-refractivity contribution in [3.63, 3.8) is 0 Å². The van der Waals surface area contributed by atoms with Crippen molar-refractivity contribution in [2.45, 2.75) is 26.2 Å². The highest BCUT2D eigenvalue weighted by atomic mass is 16.4. The lowest BCUT2D eigenvalue weighted by molar-refractivity contribution is -0.134. The average molecular weight is 245 g/mol. The number of hydrogen-bond donors (Lipinski definition) is 1. The van der Waals surface area contributed by atoms with Crippen LogP contribution in [0.1, 0.15) is 26.2 Å². The van der Waals surface area contributed by atoms with Crippen molar-refractivity contribution in [2.24, 2.45) is 10.9 Å². The highest BCUT2D eigenvalue weighted by Crippen LogP contribution is 2.25. The van der Waals surface area contributed by atoms with Crippen LogP contribution in [0.2, 0.25) is 0 Å². The number of hydrogen-bond acceptors (Lipinski definition) is 3. The monoisotopic (exact) mass is 245 g/mol. The van der Waals surface area contributed by atoms with Crippen LogP contribution in [0.4, 0.5) is 0 Å². The zero-order chi connectivity index (χ0) is 13.1. The molecule has 18 heavy (non-hydrogen) atoms. The molecule has 1 atom stereocenters. The minimum atomic E-state index is -1.21. The van der Waals surface area contributed by atoms with Gasteiger partial charge in [0.2, 0.25) is 0 Å². The predicted octanol–water partition coefficient (Wildman–Crippen LogP) is 2.28. The van der Waals surface area contributed by atoms with Crippen LogP contribution in [-0.2, 0) is 9.59 Å². The molecule has 0 aromatic rings. The van der Waals surface area contributed by atoms with Crippen molar-refractivity contribution in [1.29, 1.82) is 0 Å². The fourth-order valence-electron chi connectivity index (χ4n) is 2.06. The second-order valence-corrected chi connectivity index (χ2v) is 4.42. The number of nitrogens with zero attached hydrogens (tertiary/aromatic N) is 1. The van der Waals surface area contributed by atoms with E-state index >= 15 is 0 Å². The summed E-state index contributed by atoms with van der Waals surface area (Å²) in [6.45, 7) is 2.11. The van der Waals surface area contributed by atoms with Gasteiger partial charge in [-0.1, -0.05) is 31.1 Å². The lowest BCUT2D eigenvalue weighted by Crippen LogP contribution is -2.30. The Morgan fingerprint density at radius 3 is 2.89 bits per heavy atom. The number of aliphatic carboxylic acids is 1. The zero-order valence-electron chi connectivity index (χ0n) is 10.2. The molecule has 1 unspecified atom stereocenters. The smallest absolute Gasteiger partial charge is 0.340 e. The van der Waals surface area contributed by atoms with Gasteiger partial charge in [0.05, 0.1) is 11.6 Å². The molecule has 0 spiro atoms. The highest BCUT2D eigenvalue weighted by molar-refractivity contribution is 6.28. The third kappa shape index (κ3) is 2.32. The SMILES string of the molecule is CCCCC1=CC2C(=O)C(C(=O)O)=CN=C2C=C1. The molecule has 1 aliphatic carbocycles. The maximum absolute atomic E-state index is 12.0. The molecule has 94 valence electrons. The Hall–Kier alpha value is -1.97. The summed E-state index contributed by atoms with van der Waals surface area (Å²) in [6.07, 6.45) is 9.81. The van der Waals surface area contributed by atoms with Gasteiger partial charge in [0.1, 0.15) is 5.57 Å². The molecule has 1 aliphatic heterocycles. The summed E-state index contributed by atoms with van der Waals surface area (Å²) < 4.78 is 0. The van der Waals surface area contributed by atoms with E-state index in [0.717, 1.165) is 31.0 Å². The number of carboxylic acid groups (broad SMARTS) is 1. The Morgan fingerprint density at radius 1 is 1.44 bits per heavy atom. The van der Waals surface area contributed by atoms with Gasteiger partial charge in [0, 0.05) is 6.20 Å². The van der Waals surface area contributed by atoms with E-state index in [1.54, 1.807) is 0 Å². The number of allylic oxidation sites excluding steroid dienone is 4. The van der Waals surface area contributed by atoms with Crippen molar-refractivity contribution < 1.29 is 14.7 Å². The Balaban J connectivity index is 2.24. The van der Waals surface area contributed by atoms with Gasteiger partial charge >= 0.3 is 5.97 Å². The third-order valence-corrected chi connectivity index (χ3v) is 3.11. The van der Waals surface area contributed by atoms with Gasteiger partial charge in [0.25, 0.3) is 0 Å². The number of carboxylic acids is 1. The molecule has 0 aromatic heterocycles. The van der Waals surface area contributed by atoms with E-state index in [4.69, 9.17) is 5.11 Å². The molecular weight excluding hydrogens is 230 g/mol. The van der Waals surface area contributed by atoms with Gasteiger partial charge in [-0.2, -0.15) is 0 Å². The Bertz CT molecular complexity index is 509. The first-order valence-corrected chi connectivity index (χ1v) is 6.07. The van der Waals surface area contributed by atoms with Crippen LogP contribution in [-0.4, -0.2) is 22.6 Å². The number of rotatable bonds is 4. The second-order valence-electron chi connectivity index (χ2n) is 4.42. The fraction of sp³-hybridized carbons (Fsp3) is 0.357. The largest absolute Gasteiger partial charge is 0.478 e. The summed E-state index contributed by atoms with van der Waals surface area (Å²) in [4.78, 5) is 26.9. The molecule has 0 saturated heterocycles. The van der Waals surface area contributed by atoms with Gasteiger partial charge in [0.15, 0.2) is 5.78 Å². The van der Waals surface area contributed by atoms with E-state index in [1.807, 2.05) is 18.2 Å². The summed E-state index contributed by atoms with van der Waals surface area (Å²) in [5.41, 5.74) is 1.48. The second kappa shape index (κ2) is 5.12. The number of carbonyl (C=O) groups excluding carboxylic acids is 1. The maximum atomic E-state index is 12.0. The molecule has 0 saturated carbocycles. The Labute approximate surface area is 105 Å². The molecule has 2 rings (SSSR count). The summed E-state index contributed by atoms with van der Waals surface area (Å²) in [7, 11) is 0. The number of unbranched alkanes of at least 4 members (excludes halogenated alkanes) is 1. The highest BCUT2D eigenvalue weighted by Gasteiger charge is 2.32. The lowest BCUT2D eigenvalue weighted by Gasteiger charge is -2.20. The van der Waals surface area contributed by atoms with Crippen LogP contribution < -0.4 is 0 Å². The number of ketones is 1. The van der Waals surface area contributed by atoms with Crippen molar-refractivity contribution >= 4 is 17.5 Å². The van der Waals surface area contributed by atoms with Crippen LogP contribution in [0.15, 0.2) is 40.6 Å². The Morgan fingerprint density at radius 2 is 2.22 bits per heavy atom. The van der Waals surface area contributed by atoms with Gasteiger partial charge in [-0.3, -0.25) is 9.79 Å². The van der Waals surface area contributed by atoms with E-state index in [2.05, 4.69) is 11.9 Å². The molecule has 4 heteroatoms. The van der Waals surface area contributed by atoms with Crippen LogP contribution in [0.5, 0.6) is 0 Å². The van der Waals surface area contributed by atoms with E-state index in [1.165, 1.54) is 0 Å². The molecule has 1 heterocycles. The molecule has 2 aliphatic rings. The first-order chi connectivity index (χ1) is 8.63. The normalized spacial score (nSPS) is 21.9. The van der Waals surface area contributed by atoms with Gasteiger partial charge in [-0.25, -0.2) is 4.79 Å². The number of carbonyl (C=O) groups is 2. The zero-order valence-corrected chi connectivity index (χ0v) is 10.2. The van der Waals surface area contributed by atoms with Gasteiger partial charge in [-0.15, -0.1) is 0 Å². The average Bonchev–Trinajstić information content (AvgIpc) is 2.36.